The van der Waals surface area contributed by atoms with Crippen LogP contribution in [0.4, 0.5) is 0 Å². The van der Waals surface area contributed by atoms with Crippen molar-refractivity contribution in [3.63, 3.8) is 0 Å². The van der Waals surface area contributed by atoms with Gasteiger partial charge < -0.3 is 5.32 Å². The van der Waals surface area contributed by atoms with Crippen molar-refractivity contribution in [2.24, 2.45) is 11.8 Å². The maximum Gasteiger partial charge on any atom is 0.224 e. The summed E-state index contributed by atoms with van der Waals surface area (Å²) in [6.07, 6.45) is 4.18. The average Bonchev–Trinajstić information content (AvgIpc) is 2.96. The Balaban J connectivity index is 1.72. The quantitative estimate of drug-likeness (QED) is 0.820. The number of rotatable bonds is 5. The molecule has 1 amide bonds. The Kier molecular flexibility index (Phi) is 4.86. The van der Waals surface area contributed by atoms with Gasteiger partial charge >= 0.3 is 0 Å². The highest BCUT2D eigenvalue weighted by molar-refractivity contribution is 7.07. The predicted molar refractivity (Wildman–Crippen MR) is 72.6 cm³/mol. The number of hydrogen-bond acceptors (Lipinski definition) is 2. The summed E-state index contributed by atoms with van der Waals surface area (Å²) in [5.74, 6) is 2.03. The molecule has 1 aromatic heterocycles. The molecular formula is C13H18ClNOS. The van der Waals surface area contributed by atoms with Gasteiger partial charge in [0.15, 0.2) is 0 Å². The standard InChI is InChI=1S/C13H18ClNOS/c14-7-11-2-1-3-12(11)8-15-13(16)6-10-4-5-17-9-10/h4-5,9,11-12H,1-3,6-8H2,(H,15,16). The van der Waals surface area contributed by atoms with Crippen LogP contribution in [-0.2, 0) is 11.2 Å². The molecule has 2 unspecified atom stereocenters. The van der Waals surface area contributed by atoms with Crippen LogP contribution in [0.15, 0.2) is 16.8 Å². The van der Waals surface area contributed by atoms with Gasteiger partial charge in [0.05, 0.1) is 6.42 Å². The zero-order valence-electron chi connectivity index (χ0n) is 9.82. The molecule has 1 N–H and O–H groups in total. The van der Waals surface area contributed by atoms with Crippen molar-refractivity contribution in [3.05, 3.63) is 22.4 Å². The summed E-state index contributed by atoms with van der Waals surface area (Å²) < 4.78 is 0. The fourth-order valence-corrected chi connectivity index (χ4v) is 3.55. The second kappa shape index (κ2) is 6.41. The van der Waals surface area contributed by atoms with Gasteiger partial charge in [-0.05, 0) is 47.1 Å². The molecule has 0 radical (unpaired) electrons. The molecule has 0 spiro atoms. The molecule has 1 fully saturated rings. The van der Waals surface area contributed by atoms with Crippen LogP contribution in [0.25, 0.3) is 0 Å². The van der Waals surface area contributed by atoms with E-state index in [4.69, 9.17) is 11.6 Å². The minimum absolute atomic E-state index is 0.128. The van der Waals surface area contributed by atoms with E-state index in [0.717, 1.165) is 18.0 Å². The van der Waals surface area contributed by atoms with Crippen LogP contribution in [0.5, 0.6) is 0 Å². The van der Waals surface area contributed by atoms with Crippen molar-refractivity contribution in [3.8, 4) is 0 Å². The predicted octanol–water partition coefficient (Wildman–Crippen LogP) is 3.06. The maximum atomic E-state index is 11.7. The molecule has 1 saturated carbocycles. The summed E-state index contributed by atoms with van der Waals surface area (Å²) in [4.78, 5) is 11.7. The number of thiophene rings is 1. The van der Waals surface area contributed by atoms with Gasteiger partial charge in [-0.3, -0.25) is 4.79 Å². The number of hydrogen-bond donors (Lipinski definition) is 1. The molecule has 4 heteroatoms. The lowest BCUT2D eigenvalue weighted by Gasteiger charge is -2.17. The van der Waals surface area contributed by atoms with E-state index >= 15 is 0 Å². The normalized spacial score (nSPS) is 23.8. The number of amides is 1. The zero-order valence-corrected chi connectivity index (χ0v) is 11.4. The van der Waals surface area contributed by atoms with Gasteiger partial charge in [-0.15, -0.1) is 11.6 Å². The summed E-state index contributed by atoms with van der Waals surface area (Å²) in [5, 5.41) is 7.06. The van der Waals surface area contributed by atoms with Crippen LogP contribution < -0.4 is 5.32 Å². The Labute approximate surface area is 111 Å². The van der Waals surface area contributed by atoms with Crippen LogP contribution in [0.2, 0.25) is 0 Å². The number of alkyl halides is 1. The Bertz CT molecular complexity index is 352. The van der Waals surface area contributed by atoms with Gasteiger partial charge in [0, 0.05) is 12.4 Å². The monoisotopic (exact) mass is 271 g/mol. The van der Waals surface area contributed by atoms with Gasteiger partial charge in [-0.25, -0.2) is 0 Å². The second-order valence-electron chi connectivity index (χ2n) is 4.72. The first-order valence-electron chi connectivity index (χ1n) is 6.13. The Morgan fingerprint density at radius 3 is 3.00 bits per heavy atom. The summed E-state index contributed by atoms with van der Waals surface area (Å²) in [6.45, 7) is 0.792. The van der Waals surface area contributed by atoms with Crippen molar-refractivity contribution in [1.82, 2.24) is 5.32 Å². The summed E-state index contributed by atoms with van der Waals surface area (Å²) in [7, 11) is 0. The number of carbonyl (C=O) groups is 1. The van der Waals surface area contributed by atoms with Gasteiger partial charge in [0.1, 0.15) is 0 Å². The third-order valence-electron chi connectivity index (χ3n) is 3.52. The van der Waals surface area contributed by atoms with Gasteiger partial charge in [0.2, 0.25) is 5.91 Å². The topological polar surface area (TPSA) is 29.1 Å². The molecule has 2 atom stereocenters. The first-order valence-corrected chi connectivity index (χ1v) is 7.61. The van der Waals surface area contributed by atoms with E-state index in [0.29, 0.717) is 18.3 Å². The molecule has 2 nitrogen and oxygen atoms in total. The summed E-state index contributed by atoms with van der Waals surface area (Å²) >= 11 is 7.55. The number of halogens is 1. The molecule has 17 heavy (non-hydrogen) atoms. The van der Waals surface area contributed by atoms with E-state index in [-0.39, 0.29) is 5.91 Å². The van der Waals surface area contributed by atoms with E-state index < -0.39 is 0 Å². The van der Waals surface area contributed by atoms with E-state index in [1.165, 1.54) is 19.3 Å². The van der Waals surface area contributed by atoms with Crippen LogP contribution in [0.3, 0.4) is 0 Å². The van der Waals surface area contributed by atoms with Crippen molar-refractivity contribution in [2.45, 2.75) is 25.7 Å². The van der Waals surface area contributed by atoms with Crippen LogP contribution in [0.1, 0.15) is 24.8 Å². The highest BCUT2D eigenvalue weighted by Crippen LogP contribution is 2.31. The maximum absolute atomic E-state index is 11.7. The lowest BCUT2D eigenvalue weighted by Crippen LogP contribution is -2.32. The lowest BCUT2D eigenvalue weighted by atomic mass is 9.98. The molecule has 1 heterocycles. The van der Waals surface area contributed by atoms with E-state index in [1.807, 2.05) is 16.8 Å². The largest absolute Gasteiger partial charge is 0.356 e. The number of carbonyl (C=O) groups excluding carboxylic acids is 1. The second-order valence-corrected chi connectivity index (χ2v) is 5.81. The summed E-state index contributed by atoms with van der Waals surface area (Å²) in [5.41, 5.74) is 1.10. The smallest absolute Gasteiger partial charge is 0.224 e. The van der Waals surface area contributed by atoms with Crippen molar-refractivity contribution >= 4 is 28.8 Å². The fourth-order valence-electron chi connectivity index (χ4n) is 2.47. The fraction of sp³-hybridized carbons (Fsp3) is 0.615. The van der Waals surface area contributed by atoms with E-state index in [1.54, 1.807) is 11.3 Å². The first-order chi connectivity index (χ1) is 8.29. The van der Waals surface area contributed by atoms with Crippen LogP contribution in [-0.4, -0.2) is 18.3 Å². The molecule has 1 aliphatic rings. The van der Waals surface area contributed by atoms with Gasteiger partial charge in [-0.1, -0.05) is 6.42 Å². The lowest BCUT2D eigenvalue weighted by molar-refractivity contribution is -0.120. The van der Waals surface area contributed by atoms with Gasteiger partial charge in [-0.2, -0.15) is 11.3 Å². The number of nitrogens with one attached hydrogen (secondary N) is 1. The minimum Gasteiger partial charge on any atom is -0.356 e. The zero-order chi connectivity index (χ0) is 12.1. The Morgan fingerprint density at radius 2 is 2.29 bits per heavy atom. The van der Waals surface area contributed by atoms with E-state index in [9.17, 15) is 4.79 Å². The highest BCUT2D eigenvalue weighted by atomic mass is 35.5. The molecule has 0 aromatic carbocycles. The first kappa shape index (κ1) is 12.9. The van der Waals surface area contributed by atoms with Crippen LogP contribution >= 0.6 is 22.9 Å². The van der Waals surface area contributed by atoms with E-state index in [2.05, 4.69) is 5.32 Å². The molecule has 94 valence electrons. The Hall–Kier alpha value is -0.540. The molecular weight excluding hydrogens is 254 g/mol. The van der Waals surface area contributed by atoms with Gasteiger partial charge in [0.25, 0.3) is 0 Å². The highest BCUT2D eigenvalue weighted by Gasteiger charge is 2.26. The minimum atomic E-state index is 0.128. The average molecular weight is 272 g/mol. The third kappa shape index (κ3) is 3.71. The molecule has 2 rings (SSSR count). The SMILES string of the molecule is O=C(Cc1ccsc1)NCC1CCCC1CCl. The van der Waals surface area contributed by atoms with Crippen molar-refractivity contribution in [1.29, 1.82) is 0 Å². The third-order valence-corrected chi connectivity index (χ3v) is 4.65. The molecule has 0 saturated heterocycles. The Morgan fingerprint density at radius 1 is 1.47 bits per heavy atom. The molecule has 0 aliphatic heterocycles. The van der Waals surface area contributed by atoms with Crippen molar-refractivity contribution in [2.75, 3.05) is 12.4 Å². The van der Waals surface area contributed by atoms with Crippen molar-refractivity contribution < 1.29 is 4.79 Å². The van der Waals surface area contributed by atoms with Crippen LogP contribution in [0, 0.1) is 11.8 Å². The molecule has 1 aliphatic carbocycles. The molecule has 0 bridgehead atoms. The molecule has 1 aromatic rings. The summed E-state index contributed by atoms with van der Waals surface area (Å²) in [6, 6.07) is 2.00.